The van der Waals surface area contributed by atoms with Gasteiger partial charge >= 0.3 is 0 Å². The van der Waals surface area contributed by atoms with E-state index in [1.165, 1.54) is 37.8 Å². The molecular formula is C13H23N3. The first-order valence-corrected chi connectivity index (χ1v) is 6.50. The Kier molecular flexibility index (Phi) is 3.64. The third-order valence-corrected chi connectivity index (χ3v) is 3.54. The van der Waals surface area contributed by atoms with Gasteiger partial charge in [0.1, 0.15) is 0 Å². The molecular weight excluding hydrogens is 198 g/mol. The SMILES string of the molecule is CC(C)n1nc(CN)cc1C1CCCCC1. The number of nitrogens with zero attached hydrogens (tertiary/aromatic N) is 2. The van der Waals surface area contributed by atoms with E-state index in [0.717, 1.165) is 5.69 Å². The molecule has 1 aromatic heterocycles. The fourth-order valence-corrected chi connectivity index (χ4v) is 2.68. The summed E-state index contributed by atoms with van der Waals surface area (Å²) in [5, 5.41) is 4.60. The van der Waals surface area contributed by atoms with E-state index in [9.17, 15) is 0 Å². The maximum atomic E-state index is 5.69. The molecule has 0 atom stereocenters. The van der Waals surface area contributed by atoms with Crippen molar-refractivity contribution in [1.29, 1.82) is 0 Å². The number of rotatable bonds is 3. The van der Waals surface area contributed by atoms with Crippen molar-refractivity contribution in [2.45, 2.75) is 64.5 Å². The Hall–Kier alpha value is -0.830. The predicted octanol–water partition coefficient (Wildman–Crippen LogP) is 2.97. The van der Waals surface area contributed by atoms with Gasteiger partial charge in [-0.3, -0.25) is 4.68 Å². The second-order valence-corrected chi connectivity index (χ2v) is 5.14. The van der Waals surface area contributed by atoms with Crippen LogP contribution in [0.15, 0.2) is 6.07 Å². The highest BCUT2D eigenvalue weighted by molar-refractivity contribution is 5.16. The molecule has 1 heterocycles. The maximum absolute atomic E-state index is 5.69. The standard InChI is InChI=1S/C13H23N3/c1-10(2)16-13(8-12(9-14)15-16)11-6-4-3-5-7-11/h8,10-11H,3-7,9,14H2,1-2H3. The Bertz CT molecular complexity index is 335. The van der Waals surface area contributed by atoms with Crippen molar-refractivity contribution in [3.05, 3.63) is 17.5 Å². The molecule has 1 aliphatic rings. The van der Waals surface area contributed by atoms with Crippen LogP contribution in [0.5, 0.6) is 0 Å². The zero-order valence-corrected chi connectivity index (χ0v) is 10.4. The molecule has 1 fully saturated rings. The van der Waals surface area contributed by atoms with Crippen molar-refractivity contribution in [1.82, 2.24) is 9.78 Å². The van der Waals surface area contributed by atoms with Crippen molar-refractivity contribution in [3.8, 4) is 0 Å². The van der Waals surface area contributed by atoms with Crippen molar-refractivity contribution in [3.63, 3.8) is 0 Å². The molecule has 3 heteroatoms. The first-order valence-electron chi connectivity index (χ1n) is 6.50. The van der Waals surface area contributed by atoms with Crippen molar-refractivity contribution in [2.75, 3.05) is 0 Å². The topological polar surface area (TPSA) is 43.8 Å². The van der Waals surface area contributed by atoms with E-state index in [2.05, 4.69) is 29.7 Å². The highest BCUT2D eigenvalue weighted by Gasteiger charge is 2.21. The largest absolute Gasteiger partial charge is 0.325 e. The highest BCUT2D eigenvalue weighted by Crippen LogP contribution is 2.33. The summed E-state index contributed by atoms with van der Waals surface area (Å²) in [5.74, 6) is 0.712. The minimum absolute atomic E-state index is 0.442. The summed E-state index contributed by atoms with van der Waals surface area (Å²) in [6, 6.07) is 2.66. The molecule has 0 bridgehead atoms. The Morgan fingerprint density at radius 2 is 2.06 bits per heavy atom. The van der Waals surface area contributed by atoms with Gasteiger partial charge in [0, 0.05) is 24.2 Å². The fourth-order valence-electron chi connectivity index (χ4n) is 2.68. The first-order chi connectivity index (χ1) is 7.72. The van der Waals surface area contributed by atoms with E-state index in [-0.39, 0.29) is 0 Å². The Labute approximate surface area is 98.0 Å². The molecule has 0 spiro atoms. The number of aromatic nitrogens is 2. The van der Waals surface area contributed by atoms with Crippen molar-refractivity contribution < 1.29 is 0 Å². The van der Waals surface area contributed by atoms with Gasteiger partial charge in [-0.2, -0.15) is 5.10 Å². The van der Waals surface area contributed by atoms with E-state index >= 15 is 0 Å². The molecule has 1 aliphatic carbocycles. The molecule has 0 aromatic carbocycles. The molecule has 0 radical (unpaired) electrons. The van der Waals surface area contributed by atoms with E-state index in [1.807, 2.05) is 0 Å². The van der Waals surface area contributed by atoms with Gasteiger partial charge in [0.05, 0.1) is 5.69 Å². The summed E-state index contributed by atoms with van der Waals surface area (Å²) in [5.41, 5.74) is 8.13. The molecule has 2 rings (SSSR count). The Morgan fingerprint density at radius 3 is 2.62 bits per heavy atom. The minimum Gasteiger partial charge on any atom is -0.325 e. The third kappa shape index (κ3) is 2.29. The lowest BCUT2D eigenvalue weighted by atomic mass is 9.86. The van der Waals surface area contributed by atoms with Crippen LogP contribution in [0.3, 0.4) is 0 Å². The van der Waals surface area contributed by atoms with Gasteiger partial charge in [-0.1, -0.05) is 19.3 Å². The molecule has 3 nitrogen and oxygen atoms in total. The van der Waals surface area contributed by atoms with Crippen LogP contribution >= 0.6 is 0 Å². The summed E-state index contributed by atoms with van der Waals surface area (Å²) in [7, 11) is 0. The van der Waals surface area contributed by atoms with Crippen molar-refractivity contribution in [2.24, 2.45) is 5.73 Å². The molecule has 90 valence electrons. The smallest absolute Gasteiger partial charge is 0.0763 e. The third-order valence-electron chi connectivity index (χ3n) is 3.54. The molecule has 0 aliphatic heterocycles. The summed E-state index contributed by atoms with van der Waals surface area (Å²) < 4.78 is 2.18. The van der Waals surface area contributed by atoms with E-state index in [0.29, 0.717) is 18.5 Å². The van der Waals surface area contributed by atoms with Crippen LogP contribution in [0.25, 0.3) is 0 Å². The van der Waals surface area contributed by atoms with Crippen molar-refractivity contribution >= 4 is 0 Å². The zero-order valence-electron chi connectivity index (χ0n) is 10.4. The van der Waals surface area contributed by atoms with Gasteiger partial charge in [0.25, 0.3) is 0 Å². The lowest BCUT2D eigenvalue weighted by Gasteiger charge is -2.23. The Morgan fingerprint density at radius 1 is 1.38 bits per heavy atom. The van der Waals surface area contributed by atoms with Crippen LogP contribution in [0.1, 0.15) is 69.3 Å². The zero-order chi connectivity index (χ0) is 11.5. The monoisotopic (exact) mass is 221 g/mol. The second kappa shape index (κ2) is 5.00. The summed E-state index contributed by atoms with van der Waals surface area (Å²) >= 11 is 0. The molecule has 0 amide bonds. The summed E-state index contributed by atoms with van der Waals surface area (Å²) in [6.07, 6.45) is 6.78. The van der Waals surface area contributed by atoms with Gasteiger partial charge in [-0.25, -0.2) is 0 Å². The van der Waals surface area contributed by atoms with Crippen LogP contribution in [-0.2, 0) is 6.54 Å². The van der Waals surface area contributed by atoms with Crippen LogP contribution in [0, 0.1) is 0 Å². The molecule has 1 aromatic rings. The van der Waals surface area contributed by atoms with Crippen LogP contribution in [0.4, 0.5) is 0 Å². The Balaban J connectivity index is 2.26. The van der Waals surface area contributed by atoms with Crippen LogP contribution in [-0.4, -0.2) is 9.78 Å². The molecule has 16 heavy (non-hydrogen) atoms. The number of nitrogens with two attached hydrogens (primary N) is 1. The highest BCUT2D eigenvalue weighted by atomic mass is 15.3. The van der Waals surface area contributed by atoms with Gasteiger partial charge in [0.2, 0.25) is 0 Å². The number of hydrogen-bond acceptors (Lipinski definition) is 2. The van der Waals surface area contributed by atoms with Gasteiger partial charge in [-0.05, 0) is 32.8 Å². The summed E-state index contributed by atoms with van der Waals surface area (Å²) in [6.45, 7) is 4.94. The summed E-state index contributed by atoms with van der Waals surface area (Å²) in [4.78, 5) is 0. The first kappa shape index (κ1) is 11.6. The molecule has 0 unspecified atom stereocenters. The lowest BCUT2D eigenvalue weighted by Crippen LogP contribution is -2.13. The quantitative estimate of drug-likeness (QED) is 0.852. The van der Waals surface area contributed by atoms with Crippen LogP contribution < -0.4 is 5.73 Å². The molecule has 1 saturated carbocycles. The second-order valence-electron chi connectivity index (χ2n) is 5.14. The molecule has 0 saturated heterocycles. The average molecular weight is 221 g/mol. The van der Waals surface area contributed by atoms with Gasteiger partial charge in [-0.15, -0.1) is 0 Å². The number of hydrogen-bond donors (Lipinski definition) is 1. The lowest BCUT2D eigenvalue weighted by molar-refractivity contribution is 0.400. The van der Waals surface area contributed by atoms with Crippen LogP contribution in [0.2, 0.25) is 0 Å². The fraction of sp³-hybridized carbons (Fsp3) is 0.769. The van der Waals surface area contributed by atoms with Gasteiger partial charge < -0.3 is 5.73 Å². The van der Waals surface area contributed by atoms with E-state index < -0.39 is 0 Å². The average Bonchev–Trinajstić information content (AvgIpc) is 2.74. The minimum atomic E-state index is 0.442. The van der Waals surface area contributed by atoms with E-state index in [4.69, 9.17) is 5.73 Å². The normalized spacial score (nSPS) is 18.2. The van der Waals surface area contributed by atoms with E-state index in [1.54, 1.807) is 0 Å². The van der Waals surface area contributed by atoms with Gasteiger partial charge in [0.15, 0.2) is 0 Å². The maximum Gasteiger partial charge on any atom is 0.0763 e. The molecule has 2 N–H and O–H groups in total. The predicted molar refractivity (Wildman–Crippen MR) is 66.3 cm³/mol.